The average Bonchev–Trinajstić information content (AvgIpc) is 2.86. The van der Waals surface area contributed by atoms with Crippen LogP contribution in [0.5, 0.6) is 11.6 Å². The molecule has 2 aliphatic rings. The number of nitrogens with zero attached hydrogens (tertiary/aromatic N) is 3. The van der Waals surface area contributed by atoms with Gasteiger partial charge in [-0.1, -0.05) is 25.8 Å². The SMILES string of the molecule is CCCCc1nnc(OC2CCN(C)CC2)cc1-c1ccc(OC2CCCCC2)c(NC(C)=O)c1.Cl.Cl. The van der Waals surface area contributed by atoms with Gasteiger partial charge in [0.15, 0.2) is 0 Å². The van der Waals surface area contributed by atoms with E-state index in [1.165, 1.54) is 26.2 Å². The number of hydrogen-bond donors (Lipinski definition) is 1. The van der Waals surface area contributed by atoms with Crippen molar-refractivity contribution in [2.24, 2.45) is 0 Å². The summed E-state index contributed by atoms with van der Waals surface area (Å²) in [5.74, 6) is 1.19. The molecule has 206 valence electrons. The number of piperidine rings is 1. The van der Waals surface area contributed by atoms with E-state index in [2.05, 4.69) is 40.5 Å². The lowest BCUT2D eigenvalue weighted by Crippen LogP contribution is -2.35. The van der Waals surface area contributed by atoms with Crippen LogP contribution in [0.4, 0.5) is 5.69 Å². The smallest absolute Gasteiger partial charge is 0.234 e. The fourth-order valence-electron chi connectivity index (χ4n) is 4.96. The van der Waals surface area contributed by atoms with Gasteiger partial charge in [-0.3, -0.25) is 4.79 Å². The predicted octanol–water partition coefficient (Wildman–Crippen LogP) is 6.47. The molecule has 1 N–H and O–H groups in total. The largest absolute Gasteiger partial charge is 0.488 e. The zero-order chi connectivity index (χ0) is 24.6. The summed E-state index contributed by atoms with van der Waals surface area (Å²) in [5, 5.41) is 12.0. The van der Waals surface area contributed by atoms with Crippen LogP contribution in [0.15, 0.2) is 24.3 Å². The molecule has 1 saturated carbocycles. The van der Waals surface area contributed by atoms with E-state index in [0.717, 1.165) is 80.6 Å². The number of carbonyl (C=O) groups is 1. The molecule has 2 fully saturated rings. The summed E-state index contributed by atoms with van der Waals surface area (Å²) in [6.07, 6.45) is 11.1. The van der Waals surface area contributed by atoms with Crippen LogP contribution in [0, 0.1) is 0 Å². The Bertz CT molecular complexity index is 993. The summed E-state index contributed by atoms with van der Waals surface area (Å²) in [6.45, 7) is 5.77. The van der Waals surface area contributed by atoms with E-state index < -0.39 is 0 Å². The Morgan fingerprint density at radius 3 is 2.38 bits per heavy atom. The summed E-state index contributed by atoms with van der Waals surface area (Å²) in [6, 6.07) is 8.07. The van der Waals surface area contributed by atoms with Crippen LogP contribution in [0.2, 0.25) is 0 Å². The quantitative estimate of drug-likeness (QED) is 0.384. The first-order chi connectivity index (χ1) is 17.0. The maximum atomic E-state index is 12.0. The minimum Gasteiger partial charge on any atom is -0.488 e. The number of rotatable bonds is 9. The molecule has 9 heteroatoms. The lowest BCUT2D eigenvalue weighted by molar-refractivity contribution is -0.114. The second-order valence-corrected chi connectivity index (χ2v) is 10.0. The summed E-state index contributed by atoms with van der Waals surface area (Å²) in [5.41, 5.74) is 3.65. The highest BCUT2D eigenvalue weighted by Gasteiger charge is 2.21. The molecule has 1 amide bonds. The second-order valence-electron chi connectivity index (χ2n) is 10.0. The Hall–Kier alpha value is -2.09. The maximum absolute atomic E-state index is 12.0. The van der Waals surface area contributed by atoms with Crippen molar-refractivity contribution in [1.29, 1.82) is 0 Å². The van der Waals surface area contributed by atoms with Crippen LogP contribution in [-0.2, 0) is 11.2 Å². The van der Waals surface area contributed by atoms with Crippen LogP contribution < -0.4 is 14.8 Å². The molecule has 0 spiro atoms. The number of amides is 1. The Labute approximate surface area is 233 Å². The van der Waals surface area contributed by atoms with E-state index >= 15 is 0 Å². The van der Waals surface area contributed by atoms with Crippen molar-refractivity contribution in [2.75, 3.05) is 25.5 Å². The molecule has 1 saturated heterocycles. The highest BCUT2D eigenvalue weighted by Crippen LogP contribution is 2.35. The molecule has 1 aromatic carbocycles. The summed E-state index contributed by atoms with van der Waals surface area (Å²) >= 11 is 0. The van der Waals surface area contributed by atoms with Gasteiger partial charge >= 0.3 is 0 Å². The van der Waals surface area contributed by atoms with Crippen molar-refractivity contribution in [3.63, 3.8) is 0 Å². The van der Waals surface area contributed by atoms with Crippen LogP contribution in [-0.4, -0.2) is 53.3 Å². The van der Waals surface area contributed by atoms with Crippen molar-refractivity contribution >= 4 is 36.4 Å². The first-order valence-corrected chi connectivity index (χ1v) is 13.3. The molecular weight excluding hydrogens is 511 g/mol. The highest BCUT2D eigenvalue weighted by atomic mass is 35.5. The number of halogens is 2. The van der Waals surface area contributed by atoms with Gasteiger partial charge in [-0.15, -0.1) is 29.9 Å². The Morgan fingerprint density at radius 1 is 1.00 bits per heavy atom. The predicted molar refractivity (Wildman–Crippen MR) is 154 cm³/mol. The number of aromatic nitrogens is 2. The number of hydrogen-bond acceptors (Lipinski definition) is 6. The second kappa shape index (κ2) is 15.4. The fourth-order valence-corrected chi connectivity index (χ4v) is 4.96. The van der Waals surface area contributed by atoms with Crippen molar-refractivity contribution in [3.8, 4) is 22.8 Å². The van der Waals surface area contributed by atoms with Gasteiger partial charge in [-0.05, 0) is 76.1 Å². The van der Waals surface area contributed by atoms with Crippen LogP contribution >= 0.6 is 24.8 Å². The van der Waals surface area contributed by atoms with Crippen molar-refractivity contribution in [1.82, 2.24) is 15.1 Å². The molecule has 0 unspecified atom stereocenters. The van der Waals surface area contributed by atoms with Gasteiger partial charge in [-0.25, -0.2) is 0 Å². The third-order valence-corrected chi connectivity index (χ3v) is 7.02. The topological polar surface area (TPSA) is 76.6 Å². The van der Waals surface area contributed by atoms with Gasteiger partial charge in [0.2, 0.25) is 11.8 Å². The standard InChI is InChI=1S/C28H40N4O3.2ClH/c1-4-5-11-25-24(19-28(31-30-25)35-23-14-16-32(3)17-15-23)21-12-13-27(26(18-21)29-20(2)33)34-22-9-7-6-8-10-22;;/h12-13,18-19,22-23H,4-11,14-17H2,1-3H3,(H,29,33);2*1H. The van der Waals surface area contributed by atoms with Crippen LogP contribution in [0.25, 0.3) is 11.1 Å². The molecule has 0 radical (unpaired) electrons. The molecule has 0 atom stereocenters. The monoisotopic (exact) mass is 552 g/mol. The lowest BCUT2D eigenvalue weighted by Gasteiger charge is -2.29. The minimum absolute atomic E-state index is 0. The van der Waals surface area contributed by atoms with Crippen LogP contribution in [0.3, 0.4) is 0 Å². The van der Waals surface area contributed by atoms with Crippen molar-refractivity contribution in [2.45, 2.75) is 90.3 Å². The molecule has 37 heavy (non-hydrogen) atoms. The Balaban J connectivity index is 0.00000241. The average molecular weight is 554 g/mol. The molecule has 4 rings (SSSR count). The van der Waals surface area contributed by atoms with Gasteiger partial charge in [0.25, 0.3) is 0 Å². The number of benzene rings is 1. The first kappa shape index (κ1) is 31.1. The number of ether oxygens (including phenoxy) is 2. The first-order valence-electron chi connectivity index (χ1n) is 13.3. The molecule has 1 aliphatic carbocycles. The lowest BCUT2D eigenvalue weighted by atomic mass is 9.97. The number of nitrogens with one attached hydrogen (secondary N) is 1. The van der Waals surface area contributed by atoms with E-state index in [1.807, 2.05) is 18.2 Å². The third-order valence-electron chi connectivity index (χ3n) is 7.02. The van der Waals surface area contributed by atoms with Crippen molar-refractivity contribution < 1.29 is 14.3 Å². The molecule has 2 heterocycles. The van der Waals surface area contributed by atoms with Gasteiger partial charge < -0.3 is 19.7 Å². The van der Waals surface area contributed by atoms with E-state index in [4.69, 9.17) is 9.47 Å². The van der Waals surface area contributed by atoms with Gasteiger partial charge in [-0.2, -0.15) is 5.10 Å². The van der Waals surface area contributed by atoms with Crippen LogP contribution in [0.1, 0.15) is 77.3 Å². The molecule has 0 bridgehead atoms. The number of aryl methyl sites for hydroxylation is 1. The van der Waals surface area contributed by atoms with E-state index in [1.54, 1.807) is 0 Å². The molecule has 1 aromatic heterocycles. The highest BCUT2D eigenvalue weighted by molar-refractivity contribution is 5.91. The third kappa shape index (κ3) is 9.01. The fraction of sp³-hybridized carbons (Fsp3) is 0.607. The Morgan fingerprint density at radius 2 is 1.70 bits per heavy atom. The zero-order valence-corrected chi connectivity index (χ0v) is 24.0. The van der Waals surface area contributed by atoms with E-state index in [-0.39, 0.29) is 42.9 Å². The molecule has 1 aliphatic heterocycles. The van der Waals surface area contributed by atoms with Gasteiger partial charge in [0.1, 0.15) is 11.9 Å². The number of unbranched alkanes of at least 4 members (excludes halogenated alkanes) is 1. The maximum Gasteiger partial charge on any atom is 0.234 e. The van der Waals surface area contributed by atoms with E-state index in [0.29, 0.717) is 11.6 Å². The van der Waals surface area contributed by atoms with Gasteiger partial charge in [0.05, 0.1) is 17.5 Å². The minimum atomic E-state index is -0.110. The van der Waals surface area contributed by atoms with Gasteiger partial charge in [0, 0.05) is 31.6 Å². The molecule has 2 aromatic rings. The summed E-state index contributed by atoms with van der Waals surface area (Å²) in [4.78, 5) is 14.3. The molecule has 7 nitrogen and oxygen atoms in total. The van der Waals surface area contributed by atoms with Crippen molar-refractivity contribution in [3.05, 3.63) is 30.0 Å². The number of carbonyl (C=O) groups excluding carboxylic acids is 1. The number of anilines is 1. The normalized spacial score (nSPS) is 16.8. The molecular formula is C28H42Cl2N4O3. The van der Waals surface area contributed by atoms with E-state index in [9.17, 15) is 4.79 Å². The Kier molecular flexibility index (Phi) is 12.9. The zero-order valence-electron chi connectivity index (χ0n) is 22.3. The summed E-state index contributed by atoms with van der Waals surface area (Å²) < 4.78 is 12.6. The summed E-state index contributed by atoms with van der Waals surface area (Å²) in [7, 11) is 2.14. The number of likely N-dealkylation sites (tertiary alicyclic amines) is 1.